The molecule has 2 N–H and O–H groups in total. The average molecular weight is 224 g/mol. The summed E-state index contributed by atoms with van der Waals surface area (Å²) in [5.41, 5.74) is 0. The highest BCUT2D eigenvalue weighted by atomic mass is 16.3. The number of aliphatic hydroxyl groups excluding tert-OH is 1. The van der Waals surface area contributed by atoms with E-state index in [0.29, 0.717) is 5.92 Å². The highest BCUT2D eigenvalue weighted by Gasteiger charge is 2.22. The Morgan fingerprint density at radius 3 is 2.81 bits per heavy atom. The first-order valence-electron chi connectivity index (χ1n) is 5.90. The fraction of sp³-hybridized carbons (Fsp3) is 0.818. The van der Waals surface area contributed by atoms with Gasteiger partial charge in [-0.25, -0.2) is 0 Å². The summed E-state index contributed by atoms with van der Waals surface area (Å²) in [5.74, 6) is 2.52. The minimum Gasteiger partial charge on any atom is -0.393 e. The molecule has 1 fully saturated rings. The Kier molecular flexibility index (Phi) is 3.56. The molecule has 1 heterocycles. The smallest absolute Gasteiger partial charge is 0.146 e. The summed E-state index contributed by atoms with van der Waals surface area (Å²) in [6.07, 6.45) is 2.94. The van der Waals surface area contributed by atoms with Crippen molar-refractivity contribution in [1.29, 1.82) is 0 Å². The maximum Gasteiger partial charge on any atom is 0.146 e. The molecular weight excluding hydrogens is 204 g/mol. The Labute approximate surface area is 95.9 Å². The number of aliphatic hydroxyl groups is 1. The summed E-state index contributed by atoms with van der Waals surface area (Å²) >= 11 is 0. The minimum absolute atomic E-state index is 0.0797. The fourth-order valence-corrected chi connectivity index (χ4v) is 2.23. The van der Waals surface area contributed by atoms with Crippen molar-refractivity contribution in [3.63, 3.8) is 0 Å². The van der Waals surface area contributed by atoms with Crippen LogP contribution in [0.4, 0.5) is 0 Å². The molecular formula is C11H20N4O. The van der Waals surface area contributed by atoms with E-state index in [4.69, 9.17) is 0 Å². The lowest BCUT2D eigenvalue weighted by molar-refractivity contribution is 0.177. The van der Waals surface area contributed by atoms with Crippen LogP contribution in [-0.2, 0) is 13.6 Å². The number of aromatic nitrogens is 3. The number of hydrogen-bond acceptors (Lipinski definition) is 4. The molecule has 2 atom stereocenters. The van der Waals surface area contributed by atoms with Crippen molar-refractivity contribution in [1.82, 2.24) is 20.1 Å². The predicted molar refractivity (Wildman–Crippen MR) is 60.8 cm³/mol. The summed E-state index contributed by atoms with van der Waals surface area (Å²) in [4.78, 5) is 0. The Morgan fingerprint density at radius 1 is 1.44 bits per heavy atom. The largest absolute Gasteiger partial charge is 0.393 e. The second kappa shape index (κ2) is 4.93. The van der Waals surface area contributed by atoms with Crippen molar-refractivity contribution in [2.75, 3.05) is 6.54 Å². The van der Waals surface area contributed by atoms with Crippen LogP contribution in [-0.4, -0.2) is 32.5 Å². The van der Waals surface area contributed by atoms with Gasteiger partial charge in [-0.1, -0.05) is 0 Å². The normalized spacial score (nSPS) is 25.2. The molecule has 0 amide bonds. The molecule has 5 heteroatoms. The first-order chi connectivity index (χ1) is 7.66. The summed E-state index contributed by atoms with van der Waals surface area (Å²) in [6, 6.07) is 0. The summed E-state index contributed by atoms with van der Waals surface area (Å²) < 4.78 is 2.00. The topological polar surface area (TPSA) is 63.0 Å². The third kappa shape index (κ3) is 2.59. The van der Waals surface area contributed by atoms with Gasteiger partial charge in [0.1, 0.15) is 11.6 Å². The Morgan fingerprint density at radius 2 is 2.25 bits per heavy atom. The van der Waals surface area contributed by atoms with Crippen LogP contribution in [0.25, 0.3) is 0 Å². The SMILES string of the molecule is Cc1nnc(CNCC2CCC(O)C2)n1C. The van der Waals surface area contributed by atoms with Crippen molar-refractivity contribution in [2.45, 2.75) is 38.8 Å². The van der Waals surface area contributed by atoms with E-state index >= 15 is 0 Å². The lowest BCUT2D eigenvalue weighted by Gasteiger charge is -2.10. The van der Waals surface area contributed by atoms with Gasteiger partial charge in [0.15, 0.2) is 0 Å². The zero-order valence-electron chi connectivity index (χ0n) is 9.98. The van der Waals surface area contributed by atoms with Gasteiger partial charge in [-0.2, -0.15) is 0 Å². The van der Waals surface area contributed by atoms with Gasteiger partial charge in [0.25, 0.3) is 0 Å². The first-order valence-corrected chi connectivity index (χ1v) is 5.90. The average Bonchev–Trinajstić information content (AvgIpc) is 2.79. The Balaban J connectivity index is 1.74. The van der Waals surface area contributed by atoms with Gasteiger partial charge in [0, 0.05) is 7.05 Å². The Hall–Kier alpha value is -0.940. The van der Waals surface area contributed by atoms with E-state index in [0.717, 1.165) is 44.0 Å². The zero-order valence-corrected chi connectivity index (χ0v) is 9.98. The number of aryl methyl sites for hydroxylation is 1. The molecule has 0 saturated heterocycles. The fourth-order valence-electron chi connectivity index (χ4n) is 2.23. The summed E-state index contributed by atoms with van der Waals surface area (Å²) in [6.45, 7) is 3.66. The van der Waals surface area contributed by atoms with Gasteiger partial charge in [0.2, 0.25) is 0 Å². The zero-order chi connectivity index (χ0) is 11.5. The van der Waals surface area contributed by atoms with Crippen molar-refractivity contribution in [3.8, 4) is 0 Å². The molecule has 0 aliphatic heterocycles. The summed E-state index contributed by atoms with van der Waals surface area (Å²) in [7, 11) is 1.98. The molecule has 0 aromatic carbocycles. The molecule has 2 rings (SSSR count). The number of nitrogens with one attached hydrogen (secondary N) is 1. The second-order valence-corrected chi connectivity index (χ2v) is 4.69. The molecule has 90 valence electrons. The summed E-state index contributed by atoms with van der Waals surface area (Å²) in [5, 5.41) is 20.9. The molecule has 1 aromatic heterocycles. The van der Waals surface area contributed by atoms with Crippen LogP contribution in [0.3, 0.4) is 0 Å². The van der Waals surface area contributed by atoms with Gasteiger partial charge in [-0.05, 0) is 38.6 Å². The van der Waals surface area contributed by atoms with E-state index in [9.17, 15) is 5.11 Å². The van der Waals surface area contributed by atoms with Gasteiger partial charge >= 0.3 is 0 Å². The third-order valence-corrected chi connectivity index (χ3v) is 3.41. The van der Waals surface area contributed by atoms with Crippen LogP contribution in [0, 0.1) is 12.8 Å². The maximum absolute atomic E-state index is 9.41. The molecule has 16 heavy (non-hydrogen) atoms. The van der Waals surface area contributed by atoms with E-state index in [-0.39, 0.29) is 6.10 Å². The van der Waals surface area contributed by atoms with Crippen LogP contribution in [0.2, 0.25) is 0 Å². The molecule has 1 aliphatic rings. The molecule has 1 saturated carbocycles. The highest BCUT2D eigenvalue weighted by molar-refractivity contribution is 4.92. The Bertz CT molecular complexity index is 350. The van der Waals surface area contributed by atoms with Crippen LogP contribution >= 0.6 is 0 Å². The maximum atomic E-state index is 9.41. The standard InChI is InChI=1S/C11H20N4O/c1-8-13-14-11(15(8)2)7-12-6-9-3-4-10(16)5-9/h9-10,12,16H,3-7H2,1-2H3. The molecule has 0 radical (unpaired) electrons. The molecule has 1 aromatic rings. The van der Waals surface area contributed by atoms with Crippen molar-refractivity contribution in [2.24, 2.45) is 13.0 Å². The minimum atomic E-state index is -0.0797. The predicted octanol–water partition coefficient (Wildman–Crippen LogP) is 0.374. The molecule has 0 bridgehead atoms. The molecule has 0 spiro atoms. The van der Waals surface area contributed by atoms with Gasteiger partial charge in [-0.3, -0.25) is 0 Å². The molecule has 1 aliphatic carbocycles. The van der Waals surface area contributed by atoms with Crippen molar-refractivity contribution < 1.29 is 5.11 Å². The quantitative estimate of drug-likeness (QED) is 0.776. The van der Waals surface area contributed by atoms with Gasteiger partial charge < -0.3 is 15.0 Å². The van der Waals surface area contributed by atoms with E-state index in [1.165, 1.54) is 0 Å². The van der Waals surface area contributed by atoms with Crippen molar-refractivity contribution in [3.05, 3.63) is 11.6 Å². The van der Waals surface area contributed by atoms with Crippen molar-refractivity contribution >= 4 is 0 Å². The van der Waals surface area contributed by atoms with E-state index in [2.05, 4.69) is 15.5 Å². The van der Waals surface area contributed by atoms with Crippen LogP contribution in [0.5, 0.6) is 0 Å². The van der Waals surface area contributed by atoms with Gasteiger partial charge in [0.05, 0.1) is 12.6 Å². The monoisotopic (exact) mass is 224 g/mol. The molecule has 5 nitrogen and oxygen atoms in total. The van der Waals surface area contributed by atoms with Crippen LogP contribution in [0.1, 0.15) is 30.9 Å². The third-order valence-electron chi connectivity index (χ3n) is 3.41. The highest BCUT2D eigenvalue weighted by Crippen LogP contribution is 2.24. The number of rotatable bonds is 4. The van der Waals surface area contributed by atoms with Gasteiger partial charge in [-0.15, -0.1) is 10.2 Å². The van der Waals surface area contributed by atoms with E-state index in [1.807, 2.05) is 18.5 Å². The number of nitrogens with zero attached hydrogens (tertiary/aromatic N) is 3. The first kappa shape index (κ1) is 11.5. The van der Waals surface area contributed by atoms with E-state index < -0.39 is 0 Å². The van der Waals surface area contributed by atoms with E-state index in [1.54, 1.807) is 0 Å². The lowest BCUT2D eigenvalue weighted by atomic mass is 10.1. The van der Waals surface area contributed by atoms with Crippen LogP contribution in [0.15, 0.2) is 0 Å². The van der Waals surface area contributed by atoms with Crippen LogP contribution < -0.4 is 5.32 Å². The number of hydrogen-bond donors (Lipinski definition) is 2. The lowest BCUT2D eigenvalue weighted by Crippen LogP contribution is -2.23. The second-order valence-electron chi connectivity index (χ2n) is 4.69. The molecule has 2 unspecified atom stereocenters.